The molecule has 0 amide bonds. The van der Waals surface area contributed by atoms with Crippen LogP contribution in [0, 0.1) is 5.92 Å². The number of esters is 2. The number of hydrogen-bond donors (Lipinski definition) is 0. The third-order valence-corrected chi connectivity index (χ3v) is 4.38. The maximum Gasteiger partial charge on any atom is 0.326 e. The van der Waals surface area contributed by atoms with Gasteiger partial charge in [-0.25, -0.2) is 0 Å². The number of carbonyl (C=O) groups is 2. The Morgan fingerprint density at radius 2 is 1.20 bits per heavy atom. The van der Waals surface area contributed by atoms with E-state index in [-0.39, 0.29) is 6.42 Å². The van der Waals surface area contributed by atoms with Crippen LogP contribution in [0.5, 0.6) is 23.0 Å². The van der Waals surface area contributed by atoms with Crippen molar-refractivity contribution in [3.63, 3.8) is 0 Å². The van der Waals surface area contributed by atoms with Gasteiger partial charge >= 0.3 is 11.9 Å². The molecule has 0 saturated heterocycles. The highest BCUT2D eigenvalue weighted by atomic mass is 16.6. The highest BCUT2D eigenvalue weighted by Gasteiger charge is 2.31. The van der Waals surface area contributed by atoms with Crippen molar-refractivity contribution < 1.29 is 28.5 Å². The highest BCUT2D eigenvalue weighted by Crippen LogP contribution is 2.29. The van der Waals surface area contributed by atoms with Gasteiger partial charge in [-0.15, -0.1) is 0 Å². The Morgan fingerprint density at radius 3 is 1.67 bits per heavy atom. The van der Waals surface area contributed by atoms with E-state index in [9.17, 15) is 9.59 Å². The van der Waals surface area contributed by atoms with Crippen LogP contribution in [-0.2, 0) is 16.0 Å². The molecular weight excluding hydrogens is 384 g/mol. The van der Waals surface area contributed by atoms with Gasteiger partial charge in [0.2, 0.25) is 0 Å². The van der Waals surface area contributed by atoms with Crippen LogP contribution in [0.15, 0.2) is 78.9 Å². The number of benzene rings is 3. The molecule has 0 N–H and O–H groups in total. The van der Waals surface area contributed by atoms with Gasteiger partial charge in [-0.1, -0.05) is 42.5 Å². The largest absolute Gasteiger partial charge is 0.493 e. The van der Waals surface area contributed by atoms with Gasteiger partial charge in [-0.3, -0.25) is 9.59 Å². The molecule has 0 saturated carbocycles. The van der Waals surface area contributed by atoms with Crippen molar-refractivity contribution in [2.75, 3.05) is 14.2 Å². The summed E-state index contributed by atoms with van der Waals surface area (Å²) in [5.74, 6) is -0.796. The molecule has 3 aromatic rings. The van der Waals surface area contributed by atoms with Crippen LogP contribution in [-0.4, -0.2) is 26.2 Å². The lowest BCUT2D eigenvalue weighted by atomic mass is 9.99. The molecular formula is C24H22O6. The van der Waals surface area contributed by atoms with Gasteiger partial charge in [0, 0.05) is 0 Å². The molecule has 0 atom stereocenters. The summed E-state index contributed by atoms with van der Waals surface area (Å²) in [6.07, 6.45) is 0.0810. The summed E-state index contributed by atoms with van der Waals surface area (Å²) >= 11 is 0. The molecule has 0 bridgehead atoms. The maximum atomic E-state index is 12.8. The zero-order valence-electron chi connectivity index (χ0n) is 16.7. The fourth-order valence-electron chi connectivity index (χ4n) is 2.86. The van der Waals surface area contributed by atoms with Crippen molar-refractivity contribution in [2.45, 2.75) is 6.42 Å². The van der Waals surface area contributed by atoms with E-state index in [0.29, 0.717) is 28.6 Å². The van der Waals surface area contributed by atoms with E-state index >= 15 is 0 Å². The van der Waals surface area contributed by atoms with Crippen molar-refractivity contribution in [3.8, 4) is 23.0 Å². The predicted octanol–water partition coefficient (Wildman–Crippen LogP) is 4.07. The van der Waals surface area contributed by atoms with Gasteiger partial charge in [0.1, 0.15) is 11.5 Å². The van der Waals surface area contributed by atoms with Crippen LogP contribution in [0.3, 0.4) is 0 Å². The van der Waals surface area contributed by atoms with E-state index in [1.165, 1.54) is 14.2 Å². The lowest BCUT2D eigenvalue weighted by Crippen LogP contribution is -2.33. The van der Waals surface area contributed by atoms with Crippen LogP contribution in [0.1, 0.15) is 5.56 Å². The number of methoxy groups -OCH3 is 2. The minimum absolute atomic E-state index is 0.0810. The molecule has 0 heterocycles. The maximum absolute atomic E-state index is 12.8. The first-order chi connectivity index (χ1) is 14.6. The summed E-state index contributed by atoms with van der Waals surface area (Å²) in [6.45, 7) is 0. The molecule has 0 aliphatic heterocycles. The Kier molecular flexibility index (Phi) is 7.05. The predicted molar refractivity (Wildman–Crippen MR) is 111 cm³/mol. The Hall–Kier alpha value is -3.80. The Labute approximate surface area is 175 Å². The number of para-hydroxylation sites is 2. The van der Waals surface area contributed by atoms with Gasteiger partial charge in [0.15, 0.2) is 17.4 Å². The topological polar surface area (TPSA) is 71.1 Å². The highest BCUT2D eigenvalue weighted by molar-refractivity contribution is 5.97. The normalized spacial score (nSPS) is 10.4. The van der Waals surface area contributed by atoms with E-state index in [4.69, 9.17) is 18.9 Å². The van der Waals surface area contributed by atoms with Gasteiger partial charge in [-0.05, 0) is 48.4 Å². The second-order valence-electron chi connectivity index (χ2n) is 6.41. The quantitative estimate of drug-likeness (QED) is 0.319. The molecule has 0 spiro atoms. The van der Waals surface area contributed by atoms with Crippen LogP contribution >= 0.6 is 0 Å². The lowest BCUT2D eigenvalue weighted by molar-refractivity contribution is -0.151. The van der Waals surface area contributed by atoms with Crippen molar-refractivity contribution in [1.29, 1.82) is 0 Å². The fourth-order valence-corrected chi connectivity index (χ4v) is 2.86. The Bertz CT molecular complexity index is 932. The minimum atomic E-state index is -1.16. The monoisotopic (exact) mass is 406 g/mol. The average Bonchev–Trinajstić information content (AvgIpc) is 2.78. The molecule has 0 fully saturated rings. The third-order valence-electron chi connectivity index (χ3n) is 4.38. The molecule has 0 aromatic heterocycles. The molecule has 6 heteroatoms. The summed E-state index contributed by atoms with van der Waals surface area (Å²) in [5, 5.41) is 0. The minimum Gasteiger partial charge on any atom is -0.493 e. The van der Waals surface area contributed by atoms with Crippen LogP contribution in [0.4, 0.5) is 0 Å². The van der Waals surface area contributed by atoms with E-state index in [1.54, 1.807) is 66.7 Å². The van der Waals surface area contributed by atoms with Gasteiger partial charge in [-0.2, -0.15) is 0 Å². The fraction of sp³-hybridized carbons (Fsp3) is 0.167. The number of carbonyl (C=O) groups excluding carboxylic acids is 2. The number of ether oxygens (including phenoxy) is 4. The first kappa shape index (κ1) is 20.9. The number of rotatable bonds is 8. The smallest absolute Gasteiger partial charge is 0.326 e. The summed E-state index contributed by atoms with van der Waals surface area (Å²) < 4.78 is 21.4. The van der Waals surface area contributed by atoms with Crippen LogP contribution in [0.25, 0.3) is 0 Å². The molecule has 154 valence electrons. The van der Waals surface area contributed by atoms with Gasteiger partial charge in [0.25, 0.3) is 0 Å². The Morgan fingerprint density at radius 1 is 0.700 bits per heavy atom. The molecule has 0 aliphatic carbocycles. The standard InChI is InChI=1S/C24H22O6/c1-27-21-14-13-17(16-22(21)28-2)15-20(23(25)29-18-9-5-3-6-10-18)24(26)30-19-11-7-4-8-12-19/h3-14,16,20H,15H2,1-2H3. The Balaban J connectivity index is 1.84. The van der Waals surface area contributed by atoms with E-state index in [1.807, 2.05) is 12.1 Å². The SMILES string of the molecule is COc1ccc(CC(C(=O)Oc2ccccc2)C(=O)Oc2ccccc2)cc1OC. The first-order valence-corrected chi connectivity index (χ1v) is 9.35. The van der Waals surface area contributed by atoms with Crippen molar-refractivity contribution in [2.24, 2.45) is 5.92 Å². The number of hydrogen-bond acceptors (Lipinski definition) is 6. The summed E-state index contributed by atoms with van der Waals surface area (Å²) in [4.78, 5) is 25.7. The summed E-state index contributed by atoms with van der Waals surface area (Å²) in [6, 6.07) is 22.4. The molecule has 3 aromatic carbocycles. The average molecular weight is 406 g/mol. The molecule has 3 rings (SSSR count). The second kappa shape index (κ2) is 10.1. The van der Waals surface area contributed by atoms with Gasteiger partial charge in [0.05, 0.1) is 14.2 Å². The van der Waals surface area contributed by atoms with Crippen molar-refractivity contribution in [1.82, 2.24) is 0 Å². The summed E-state index contributed by atoms with van der Waals surface area (Å²) in [7, 11) is 3.06. The lowest BCUT2D eigenvalue weighted by Gasteiger charge is -2.16. The molecule has 0 unspecified atom stereocenters. The molecule has 0 radical (unpaired) electrons. The summed E-state index contributed by atoms with van der Waals surface area (Å²) in [5.41, 5.74) is 0.702. The molecule has 6 nitrogen and oxygen atoms in total. The van der Waals surface area contributed by atoms with Crippen molar-refractivity contribution in [3.05, 3.63) is 84.4 Å². The third kappa shape index (κ3) is 5.38. The molecule has 0 aliphatic rings. The van der Waals surface area contributed by atoms with Crippen molar-refractivity contribution >= 4 is 11.9 Å². The first-order valence-electron chi connectivity index (χ1n) is 9.35. The van der Waals surface area contributed by atoms with E-state index < -0.39 is 17.9 Å². The van der Waals surface area contributed by atoms with Crippen LogP contribution < -0.4 is 18.9 Å². The van der Waals surface area contributed by atoms with E-state index in [0.717, 1.165) is 0 Å². The van der Waals surface area contributed by atoms with Crippen LogP contribution in [0.2, 0.25) is 0 Å². The zero-order valence-corrected chi connectivity index (χ0v) is 16.7. The van der Waals surface area contributed by atoms with E-state index in [2.05, 4.69) is 0 Å². The van der Waals surface area contributed by atoms with Gasteiger partial charge < -0.3 is 18.9 Å². The second-order valence-corrected chi connectivity index (χ2v) is 6.41. The zero-order chi connectivity index (χ0) is 21.3. The molecule has 30 heavy (non-hydrogen) atoms.